The van der Waals surface area contributed by atoms with Gasteiger partial charge in [0.15, 0.2) is 5.82 Å². The monoisotopic (exact) mass is 465 g/mol. The van der Waals surface area contributed by atoms with Gasteiger partial charge in [0.1, 0.15) is 12.4 Å². The van der Waals surface area contributed by atoms with Crippen LogP contribution in [0.25, 0.3) is 22.6 Å². The molecule has 7 nitrogen and oxygen atoms in total. The molecule has 0 saturated carbocycles. The summed E-state index contributed by atoms with van der Waals surface area (Å²) in [6.45, 7) is 13.9. The molecule has 1 aliphatic rings. The third kappa shape index (κ3) is 5.69. The topological polar surface area (TPSA) is 76.3 Å². The van der Waals surface area contributed by atoms with Gasteiger partial charge in [-0.25, -0.2) is 4.98 Å². The molecule has 0 bridgehead atoms. The summed E-state index contributed by atoms with van der Waals surface area (Å²) in [4.78, 5) is 16.1. The number of hydrogen-bond acceptors (Lipinski definition) is 6. The van der Waals surface area contributed by atoms with Crippen LogP contribution in [0.5, 0.6) is 0 Å². The molecule has 8 heteroatoms. The lowest BCUT2D eigenvalue weighted by molar-refractivity contribution is 0.0869. The van der Waals surface area contributed by atoms with Crippen LogP contribution in [0.15, 0.2) is 36.8 Å². The van der Waals surface area contributed by atoms with Gasteiger partial charge in [0.2, 0.25) is 0 Å². The van der Waals surface area contributed by atoms with E-state index in [4.69, 9.17) is 9.72 Å². The van der Waals surface area contributed by atoms with E-state index in [2.05, 4.69) is 58.1 Å². The zero-order valence-electron chi connectivity index (χ0n) is 20.4. The number of rotatable bonds is 8. The summed E-state index contributed by atoms with van der Waals surface area (Å²) in [7, 11) is -1.13. The Morgan fingerprint density at radius 2 is 1.97 bits per heavy atom. The van der Waals surface area contributed by atoms with Crippen molar-refractivity contribution < 1.29 is 9.84 Å². The van der Waals surface area contributed by atoms with Crippen LogP contribution in [0.2, 0.25) is 25.7 Å². The summed E-state index contributed by atoms with van der Waals surface area (Å²) < 4.78 is 8.16. The Labute approximate surface area is 197 Å². The molecule has 4 rings (SSSR count). The summed E-state index contributed by atoms with van der Waals surface area (Å²) in [6, 6.07) is 7.34. The van der Waals surface area contributed by atoms with Gasteiger partial charge in [-0.1, -0.05) is 19.6 Å². The maximum Gasteiger partial charge on any atom is 0.161 e. The lowest BCUT2D eigenvalue weighted by atomic mass is 10.1. The Balaban J connectivity index is 1.58. The minimum Gasteiger partial charge on any atom is -0.391 e. The maximum absolute atomic E-state index is 9.89. The molecule has 176 valence electrons. The molecule has 3 aromatic heterocycles. The fraction of sp³-hybridized carbons (Fsp3) is 0.480. The van der Waals surface area contributed by atoms with E-state index < -0.39 is 8.07 Å². The van der Waals surface area contributed by atoms with E-state index in [0.717, 1.165) is 65.3 Å². The van der Waals surface area contributed by atoms with Gasteiger partial charge in [0, 0.05) is 51.4 Å². The van der Waals surface area contributed by atoms with Crippen LogP contribution in [-0.4, -0.2) is 58.5 Å². The molecule has 33 heavy (non-hydrogen) atoms. The second kappa shape index (κ2) is 9.75. The maximum atomic E-state index is 9.89. The van der Waals surface area contributed by atoms with Crippen LogP contribution < -0.4 is 4.90 Å². The third-order valence-corrected chi connectivity index (χ3v) is 7.95. The average Bonchev–Trinajstić information content (AvgIpc) is 3.34. The molecule has 0 spiro atoms. The first-order valence-electron chi connectivity index (χ1n) is 11.7. The van der Waals surface area contributed by atoms with E-state index in [1.165, 1.54) is 0 Å². The summed E-state index contributed by atoms with van der Waals surface area (Å²) in [6.07, 6.45) is 6.09. The second-order valence-electron chi connectivity index (χ2n) is 10.1. The van der Waals surface area contributed by atoms with Crippen molar-refractivity contribution in [2.45, 2.75) is 58.8 Å². The largest absolute Gasteiger partial charge is 0.391 e. The van der Waals surface area contributed by atoms with Crippen molar-refractivity contribution in [1.82, 2.24) is 19.5 Å². The lowest BCUT2D eigenvalue weighted by Crippen LogP contribution is -2.22. The third-order valence-electron chi connectivity index (χ3n) is 6.25. The number of imidazole rings is 1. The predicted octanol–water partition coefficient (Wildman–Crippen LogP) is 4.51. The van der Waals surface area contributed by atoms with E-state index in [1.54, 1.807) is 0 Å². The first-order chi connectivity index (χ1) is 15.7. The van der Waals surface area contributed by atoms with E-state index in [9.17, 15) is 5.11 Å². The second-order valence-corrected chi connectivity index (χ2v) is 15.8. The number of hydrogen-bond donors (Lipinski definition) is 1. The average molecular weight is 466 g/mol. The lowest BCUT2D eigenvalue weighted by Gasteiger charge is -2.18. The number of anilines is 1. The van der Waals surface area contributed by atoms with Gasteiger partial charge in [-0.3, -0.25) is 9.97 Å². The summed E-state index contributed by atoms with van der Waals surface area (Å²) >= 11 is 0. The van der Waals surface area contributed by atoms with Gasteiger partial charge >= 0.3 is 0 Å². The van der Waals surface area contributed by atoms with Gasteiger partial charge in [0.25, 0.3) is 0 Å². The van der Waals surface area contributed by atoms with Crippen molar-refractivity contribution in [2.24, 2.45) is 0 Å². The molecule has 1 fully saturated rings. The molecule has 0 amide bonds. The number of ether oxygens (including phenoxy) is 1. The highest BCUT2D eigenvalue weighted by Crippen LogP contribution is 2.29. The molecular formula is C25H35N5O2Si. The van der Waals surface area contributed by atoms with Crippen LogP contribution in [0.3, 0.4) is 0 Å². The van der Waals surface area contributed by atoms with Crippen molar-refractivity contribution >= 4 is 13.8 Å². The first-order valence-corrected chi connectivity index (χ1v) is 15.4. The minimum atomic E-state index is -1.13. The van der Waals surface area contributed by atoms with Crippen molar-refractivity contribution in [2.75, 3.05) is 24.6 Å². The molecule has 1 aliphatic heterocycles. The molecule has 0 radical (unpaired) electrons. The summed E-state index contributed by atoms with van der Waals surface area (Å²) in [5.74, 6) is 0.826. The number of β-amino-alcohol motifs (C(OH)–C–C–N with tert-alkyl or cyclic N) is 1. The molecule has 1 atom stereocenters. The number of aliphatic hydroxyl groups excluding tert-OH is 1. The highest BCUT2D eigenvalue weighted by Gasteiger charge is 2.21. The number of aromatic nitrogens is 4. The molecule has 0 aliphatic carbocycles. The normalized spacial score (nSPS) is 16.5. The minimum absolute atomic E-state index is 0.264. The van der Waals surface area contributed by atoms with Crippen LogP contribution in [0.4, 0.5) is 5.69 Å². The van der Waals surface area contributed by atoms with Gasteiger partial charge in [-0.15, -0.1) is 0 Å². The summed E-state index contributed by atoms with van der Waals surface area (Å²) in [5, 5.41) is 9.89. The molecule has 4 heterocycles. The van der Waals surface area contributed by atoms with E-state index in [0.29, 0.717) is 13.3 Å². The van der Waals surface area contributed by atoms with Crippen LogP contribution in [-0.2, 0) is 11.5 Å². The van der Waals surface area contributed by atoms with Gasteiger partial charge in [-0.2, -0.15) is 0 Å². The SMILES string of the molecule is Cc1nc(-c2cc(-c3cncc(N4CC[C@@H](O)C4)c3)ccn2)n(COCC[Si](C)(C)C)c1C. The number of pyridine rings is 2. The van der Waals surface area contributed by atoms with Crippen molar-refractivity contribution in [1.29, 1.82) is 0 Å². The van der Waals surface area contributed by atoms with Gasteiger partial charge in [-0.05, 0) is 50.1 Å². The molecule has 0 unspecified atom stereocenters. The Morgan fingerprint density at radius 3 is 2.70 bits per heavy atom. The number of nitrogens with zero attached hydrogens (tertiary/aromatic N) is 5. The zero-order chi connectivity index (χ0) is 23.6. The highest BCUT2D eigenvalue weighted by atomic mass is 28.3. The Hall–Kier alpha value is -2.55. The fourth-order valence-corrected chi connectivity index (χ4v) is 4.77. The Morgan fingerprint density at radius 1 is 1.15 bits per heavy atom. The first kappa shape index (κ1) is 23.6. The van der Waals surface area contributed by atoms with Crippen molar-refractivity contribution in [3.8, 4) is 22.6 Å². The number of aryl methyl sites for hydroxylation is 1. The molecule has 1 N–H and O–H groups in total. The van der Waals surface area contributed by atoms with E-state index in [-0.39, 0.29) is 6.10 Å². The quantitative estimate of drug-likeness (QED) is 0.390. The molecular weight excluding hydrogens is 430 g/mol. The Bertz CT molecular complexity index is 1110. The van der Waals surface area contributed by atoms with Crippen molar-refractivity contribution in [3.05, 3.63) is 48.2 Å². The van der Waals surface area contributed by atoms with Crippen LogP contribution in [0.1, 0.15) is 17.8 Å². The van der Waals surface area contributed by atoms with Crippen LogP contribution in [0, 0.1) is 13.8 Å². The predicted molar refractivity (Wildman–Crippen MR) is 135 cm³/mol. The summed E-state index contributed by atoms with van der Waals surface area (Å²) in [5.41, 5.74) is 6.00. The van der Waals surface area contributed by atoms with Gasteiger partial charge < -0.3 is 19.3 Å². The molecule has 3 aromatic rings. The molecule has 1 saturated heterocycles. The number of aliphatic hydroxyl groups is 1. The highest BCUT2D eigenvalue weighted by molar-refractivity contribution is 6.76. The van der Waals surface area contributed by atoms with Crippen molar-refractivity contribution in [3.63, 3.8) is 0 Å². The van der Waals surface area contributed by atoms with Crippen LogP contribution >= 0.6 is 0 Å². The standard InChI is InChI=1S/C25H35N5O2Si/c1-18-19(2)30(17-32-10-11-33(3,4)5)25(28-18)24-13-20(6-8-27-24)21-12-22(15-26-14-21)29-9-7-23(31)16-29/h6,8,12-15,23,31H,7,9-11,16-17H2,1-5H3/t23-/m1/s1. The molecule has 0 aromatic carbocycles. The zero-order valence-corrected chi connectivity index (χ0v) is 21.4. The fourth-order valence-electron chi connectivity index (χ4n) is 4.01. The van der Waals surface area contributed by atoms with E-state index in [1.807, 2.05) is 31.6 Å². The Kier molecular flexibility index (Phi) is 6.97. The van der Waals surface area contributed by atoms with Gasteiger partial charge in [0.05, 0.1) is 23.7 Å². The smallest absolute Gasteiger partial charge is 0.161 e. The van der Waals surface area contributed by atoms with E-state index >= 15 is 0 Å².